The zero-order valence-corrected chi connectivity index (χ0v) is 43.0. The molecule has 0 saturated carbocycles. The Morgan fingerprint density at radius 1 is 0.973 bits per heavy atom. The van der Waals surface area contributed by atoms with Crippen molar-refractivity contribution in [2.24, 2.45) is 11.1 Å². The van der Waals surface area contributed by atoms with Crippen molar-refractivity contribution in [3.63, 3.8) is 0 Å². The molecule has 394 valence electrons. The molecule has 0 bridgehead atoms. The van der Waals surface area contributed by atoms with Crippen LogP contribution in [-0.4, -0.2) is 95.5 Å². The Hall–Kier alpha value is -7.37. The van der Waals surface area contributed by atoms with Gasteiger partial charge in [-0.1, -0.05) is 63.2 Å². The first-order valence-corrected chi connectivity index (χ1v) is 25.9. The second kappa shape index (κ2) is 25.5. The Bertz CT molecular complexity index is 2970. The molecule has 74 heavy (non-hydrogen) atoms. The predicted octanol–water partition coefficient (Wildman–Crippen LogP) is 8.10. The Labute approximate surface area is 431 Å². The number of hydrogen-bond acceptors (Lipinski definition) is 14. The summed E-state index contributed by atoms with van der Waals surface area (Å²) in [4.78, 5) is 61.6. The fraction of sp³-hybridized carbons (Fsp3) is 0.353. The highest BCUT2D eigenvalue weighted by molar-refractivity contribution is 7.93. The van der Waals surface area contributed by atoms with Gasteiger partial charge in [-0.05, 0) is 98.2 Å². The molecule has 3 aromatic carbocycles. The third-order valence-electron chi connectivity index (χ3n) is 11.6. The number of hydrogen-bond donors (Lipinski definition) is 6. The Kier molecular flexibility index (Phi) is 19.3. The number of likely N-dealkylation sites (tertiary alicyclic amines) is 1. The van der Waals surface area contributed by atoms with Gasteiger partial charge in [-0.3, -0.25) is 24.2 Å². The lowest BCUT2D eigenvalue weighted by atomic mass is 9.85. The van der Waals surface area contributed by atoms with E-state index in [1.807, 2.05) is 40.3 Å². The van der Waals surface area contributed by atoms with Crippen LogP contribution in [0.1, 0.15) is 80.1 Å². The Balaban J connectivity index is 0.000000505. The molecule has 3 amide bonds. The van der Waals surface area contributed by atoms with Crippen molar-refractivity contribution >= 4 is 62.7 Å². The second-order valence-corrected chi connectivity index (χ2v) is 20.8. The zero-order valence-electron chi connectivity index (χ0n) is 41.4. The van der Waals surface area contributed by atoms with Gasteiger partial charge in [0.15, 0.2) is 5.82 Å². The summed E-state index contributed by atoms with van der Waals surface area (Å²) < 4.78 is 77.1. The van der Waals surface area contributed by atoms with Crippen molar-refractivity contribution < 1.29 is 50.2 Å². The molecule has 7 N–H and O–H groups in total. The Morgan fingerprint density at radius 3 is 2.31 bits per heavy atom. The average Bonchev–Trinajstić information content (AvgIpc) is 4.14. The SMILES string of the molecule is CC(C)(C)C(NC(=O)CCCCOc1ccc(Nc2n[nH]c(-c3ccc(NS(=O)(=O)C(F)F)c(OCc4ccc(F)cc4)c3)c2C(N)=O)nc1)C(=O)N1CCCC1C=O.CNCc1ccc(-c2scnc2C)cc1. The predicted molar refractivity (Wildman–Crippen MR) is 276 cm³/mol. The van der Waals surface area contributed by atoms with Gasteiger partial charge >= 0.3 is 5.76 Å². The fourth-order valence-electron chi connectivity index (χ4n) is 7.75. The maximum Gasteiger partial charge on any atom is 0.355 e. The van der Waals surface area contributed by atoms with E-state index in [2.05, 4.69) is 60.4 Å². The topological polar surface area (TPSA) is 253 Å². The van der Waals surface area contributed by atoms with E-state index in [0.717, 1.165) is 31.0 Å². The van der Waals surface area contributed by atoms with Crippen LogP contribution >= 0.6 is 11.3 Å². The monoisotopic (exact) mass is 1060 g/mol. The van der Waals surface area contributed by atoms with E-state index in [1.165, 1.54) is 58.6 Å². The van der Waals surface area contributed by atoms with Gasteiger partial charge in [0.05, 0.1) is 46.3 Å². The smallest absolute Gasteiger partial charge is 0.355 e. The number of primary amides is 1. The summed E-state index contributed by atoms with van der Waals surface area (Å²) in [6.07, 6.45) is 4.74. The van der Waals surface area contributed by atoms with Crippen LogP contribution < -0.4 is 35.9 Å². The third kappa shape index (κ3) is 15.1. The number of carbonyl (C=O) groups excluding carboxylic acids is 4. The molecular weight excluding hydrogens is 1000 g/mol. The quantitative estimate of drug-likeness (QED) is 0.0278. The average molecular weight is 1060 g/mol. The highest BCUT2D eigenvalue weighted by Crippen LogP contribution is 2.36. The number of rotatable bonds is 22. The first-order valence-electron chi connectivity index (χ1n) is 23.5. The number of thiazole rings is 1. The maximum atomic E-state index is 13.4. The lowest BCUT2D eigenvalue weighted by Gasteiger charge is -2.34. The molecule has 1 aliphatic heterocycles. The summed E-state index contributed by atoms with van der Waals surface area (Å²) >= 11 is 1.70. The number of aldehydes is 1. The number of halogens is 3. The second-order valence-electron chi connectivity index (χ2n) is 18.3. The summed E-state index contributed by atoms with van der Waals surface area (Å²) in [7, 11) is -3.13. The highest BCUT2D eigenvalue weighted by Gasteiger charge is 2.39. The zero-order chi connectivity index (χ0) is 53.6. The number of aryl methyl sites for hydroxylation is 1. The first kappa shape index (κ1) is 55.9. The van der Waals surface area contributed by atoms with E-state index in [4.69, 9.17) is 15.2 Å². The maximum absolute atomic E-state index is 13.4. The van der Waals surface area contributed by atoms with Crippen molar-refractivity contribution in [3.8, 4) is 33.2 Å². The number of aromatic amines is 1. The van der Waals surface area contributed by atoms with Crippen LogP contribution in [0.25, 0.3) is 21.7 Å². The first-order chi connectivity index (χ1) is 35.3. The highest BCUT2D eigenvalue weighted by atomic mass is 32.2. The molecule has 0 aliphatic carbocycles. The van der Waals surface area contributed by atoms with Gasteiger partial charge in [-0.2, -0.15) is 13.9 Å². The number of unbranched alkanes of at least 4 members (excludes halogenated alkanes) is 1. The van der Waals surface area contributed by atoms with Crippen LogP contribution in [0, 0.1) is 18.2 Å². The van der Waals surface area contributed by atoms with Gasteiger partial charge in [-0.25, -0.2) is 22.8 Å². The van der Waals surface area contributed by atoms with Gasteiger partial charge < -0.3 is 40.9 Å². The summed E-state index contributed by atoms with van der Waals surface area (Å²) in [6.45, 7) is 9.11. The summed E-state index contributed by atoms with van der Waals surface area (Å²) in [5.74, 6) is -5.20. The van der Waals surface area contributed by atoms with E-state index >= 15 is 0 Å². The number of benzene rings is 3. The molecule has 1 saturated heterocycles. The largest absolute Gasteiger partial charge is 0.492 e. The van der Waals surface area contributed by atoms with E-state index in [1.54, 1.807) is 33.1 Å². The van der Waals surface area contributed by atoms with E-state index in [-0.39, 0.29) is 71.3 Å². The van der Waals surface area contributed by atoms with Crippen molar-refractivity contribution in [2.75, 3.05) is 30.2 Å². The number of alkyl halides is 2. The number of carbonyl (C=O) groups is 4. The lowest BCUT2D eigenvalue weighted by molar-refractivity contribution is -0.141. The van der Waals surface area contributed by atoms with Crippen LogP contribution in [0.5, 0.6) is 11.5 Å². The number of nitrogens with zero attached hydrogens (tertiary/aromatic N) is 4. The van der Waals surface area contributed by atoms with Crippen molar-refractivity contribution in [1.29, 1.82) is 0 Å². The number of nitrogens with two attached hydrogens (primary N) is 1. The van der Waals surface area contributed by atoms with Crippen molar-refractivity contribution in [3.05, 3.63) is 119 Å². The Morgan fingerprint density at radius 2 is 1.69 bits per heavy atom. The lowest BCUT2D eigenvalue weighted by Crippen LogP contribution is -2.55. The number of sulfonamides is 1. The molecular formula is C51H59F3N10O8S2. The fourth-order valence-corrected chi connectivity index (χ4v) is 9.13. The number of aromatic nitrogens is 4. The van der Waals surface area contributed by atoms with Crippen LogP contribution in [0.4, 0.5) is 30.5 Å². The molecule has 18 nitrogen and oxygen atoms in total. The van der Waals surface area contributed by atoms with Crippen LogP contribution in [0.2, 0.25) is 0 Å². The van der Waals surface area contributed by atoms with Gasteiger partial charge in [-0.15, -0.1) is 11.3 Å². The minimum absolute atomic E-state index is 0.0115. The van der Waals surface area contributed by atoms with Gasteiger partial charge in [0, 0.05) is 25.1 Å². The molecule has 7 rings (SSSR count). The number of anilines is 3. The number of amides is 3. The molecule has 1 aliphatic rings. The van der Waals surface area contributed by atoms with Crippen LogP contribution in [0.15, 0.2) is 90.6 Å². The normalized spacial score (nSPS) is 13.9. The molecule has 0 spiro atoms. The van der Waals surface area contributed by atoms with E-state index in [9.17, 15) is 40.8 Å². The minimum Gasteiger partial charge on any atom is -0.492 e. The van der Waals surface area contributed by atoms with Crippen LogP contribution in [-0.2, 0) is 37.6 Å². The number of H-pyrrole nitrogens is 1. The number of pyridine rings is 1. The van der Waals surface area contributed by atoms with Crippen LogP contribution in [0.3, 0.4) is 0 Å². The van der Waals surface area contributed by atoms with Crippen molar-refractivity contribution in [2.45, 2.75) is 90.8 Å². The number of nitrogens with one attached hydrogen (secondary N) is 5. The number of ether oxygens (including phenoxy) is 2. The van der Waals surface area contributed by atoms with E-state index < -0.39 is 45.0 Å². The molecule has 1 fully saturated rings. The molecule has 2 unspecified atom stereocenters. The third-order valence-corrected chi connectivity index (χ3v) is 13.6. The van der Waals surface area contributed by atoms with Gasteiger partial charge in [0.25, 0.3) is 15.9 Å². The minimum atomic E-state index is -5.09. The summed E-state index contributed by atoms with van der Waals surface area (Å²) in [5, 5.41) is 15.8. The molecule has 2 atom stereocenters. The van der Waals surface area contributed by atoms with Gasteiger partial charge in [0.2, 0.25) is 11.8 Å². The molecule has 6 aromatic rings. The summed E-state index contributed by atoms with van der Waals surface area (Å²) in [6, 6.07) is 19.6. The molecule has 0 radical (unpaired) electrons. The molecule has 3 aromatic heterocycles. The standard InChI is InChI=1S/C39H45F3N8O8S.C12H14N2S/c1-39(2,3)34(37(54)50-17-6-7-26(50)21-51)46-31(52)8-4-5-18-57-27-14-16-30(44-20-27)45-36-32(35(43)53)33(47-48-36)24-11-15-28(49-59(55,56)38(41)42)29(19-24)58-22-23-9-12-25(40)13-10-23;1-9-12(15-8-14-9)11-5-3-10(4-6-11)7-13-2/h9-16,19-21,26,34,38,49H,4-8,17-18,22H2,1-3H3,(H2,43,53)(H,46,52)(H2,44,45,47,48);3-6,8,13H,7H2,1-2H3. The molecule has 4 heterocycles. The molecule has 23 heteroatoms. The van der Waals surface area contributed by atoms with E-state index in [0.29, 0.717) is 37.1 Å². The summed E-state index contributed by atoms with van der Waals surface area (Å²) in [5.41, 5.74) is 11.1. The van der Waals surface area contributed by atoms with Crippen molar-refractivity contribution in [1.82, 2.24) is 35.7 Å². The van der Waals surface area contributed by atoms with Gasteiger partial charge in [0.1, 0.15) is 47.6 Å².